The van der Waals surface area contributed by atoms with Crippen LogP contribution in [0.2, 0.25) is 0 Å². The molecule has 1 aliphatic carbocycles. The van der Waals surface area contributed by atoms with E-state index in [1.54, 1.807) is 0 Å². The number of rotatable bonds is 4. The van der Waals surface area contributed by atoms with E-state index in [9.17, 15) is 9.59 Å². The van der Waals surface area contributed by atoms with Crippen molar-refractivity contribution in [2.75, 3.05) is 0 Å². The number of hydrogen-bond acceptors (Lipinski definition) is 3. The average molecular weight is 211 g/mol. The molecule has 4 heteroatoms. The fraction of sp³-hybridized carbons (Fsp3) is 0.636. The predicted molar refractivity (Wildman–Crippen MR) is 56.0 cm³/mol. The molecule has 0 saturated heterocycles. The van der Waals surface area contributed by atoms with Gasteiger partial charge in [-0.05, 0) is 18.8 Å². The van der Waals surface area contributed by atoms with Crippen LogP contribution in [-0.4, -0.2) is 16.9 Å². The number of nitrogens with two attached hydrogens (primary N) is 1. The fourth-order valence-corrected chi connectivity index (χ4v) is 2.04. The maximum atomic E-state index is 11.6. The zero-order valence-electron chi connectivity index (χ0n) is 8.90. The molecule has 1 rings (SSSR count). The van der Waals surface area contributed by atoms with Crippen LogP contribution in [0.3, 0.4) is 0 Å². The van der Waals surface area contributed by atoms with Crippen LogP contribution in [0, 0.1) is 11.8 Å². The molecule has 15 heavy (non-hydrogen) atoms. The van der Waals surface area contributed by atoms with E-state index in [0.29, 0.717) is 5.92 Å². The summed E-state index contributed by atoms with van der Waals surface area (Å²) >= 11 is 0. The maximum absolute atomic E-state index is 11.6. The Labute approximate surface area is 89.2 Å². The summed E-state index contributed by atoms with van der Waals surface area (Å²) < 4.78 is 0. The van der Waals surface area contributed by atoms with Gasteiger partial charge in [0.05, 0.1) is 0 Å². The van der Waals surface area contributed by atoms with E-state index < -0.39 is 5.97 Å². The van der Waals surface area contributed by atoms with Crippen LogP contribution in [0.15, 0.2) is 11.8 Å². The molecule has 0 radical (unpaired) electrons. The lowest BCUT2D eigenvalue weighted by molar-refractivity contribution is -0.133. The van der Waals surface area contributed by atoms with Gasteiger partial charge in [-0.2, -0.15) is 0 Å². The van der Waals surface area contributed by atoms with Gasteiger partial charge < -0.3 is 10.8 Å². The smallest absolute Gasteiger partial charge is 0.351 e. The molecule has 4 nitrogen and oxygen atoms in total. The third-order valence-electron chi connectivity index (χ3n) is 3.10. The first-order valence-corrected chi connectivity index (χ1v) is 5.26. The van der Waals surface area contributed by atoms with Crippen molar-refractivity contribution in [3.63, 3.8) is 0 Å². The summed E-state index contributed by atoms with van der Waals surface area (Å²) in [5, 5.41) is 8.53. The van der Waals surface area contributed by atoms with E-state index in [1.165, 1.54) is 12.8 Å². The molecule has 1 fully saturated rings. The van der Waals surface area contributed by atoms with Crippen LogP contribution >= 0.6 is 0 Å². The number of ketones is 1. The summed E-state index contributed by atoms with van der Waals surface area (Å²) in [5.74, 6) is -1.11. The molecular formula is C11H17NO3. The van der Waals surface area contributed by atoms with Crippen molar-refractivity contribution < 1.29 is 14.7 Å². The van der Waals surface area contributed by atoms with E-state index in [1.807, 2.05) is 6.92 Å². The molecule has 0 amide bonds. The summed E-state index contributed by atoms with van der Waals surface area (Å²) in [5.41, 5.74) is 4.82. The first-order chi connectivity index (χ1) is 7.02. The van der Waals surface area contributed by atoms with Gasteiger partial charge in [0.1, 0.15) is 5.70 Å². The highest BCUT2D eigenvalue weighted by atomic mass is 16.4. The van der Waals surface area contributed by atoms with Crippen LogP contribution in [0.4, 0.5) is 0 Å². The van der Waals surface area contributed by atoms with Gasteiger partial charge in [0.25, 0.3) is 0 Å². The first kappa shape index (κ1) is 11.8. The van der Waals surface area contributed by atoms with Crippen molar-refractivity contribution in [3.05, 3.63) is 11.8 Å². The van der Waals surface area contributed by atoms with E-state index in [0.717, 1.165) is 18.9 Å². The Morgan fingerprint density at radius 1 is 1.40 bits per heavy atom. The van der Waals surface area contributed by atoms with Gasteiger partial charge in [-0.1, -0.05) is 19.8 Å². The largest absolute Gasteiger partial charge is 0.477 e. The lowest BCUT2D eigenvalue weighted by atomic mass is 9.88. The molecule has 0 aromatic rings. The van der Waals surface area contributed by atoms with Crippen LogP contribution in [0.5, 0.6) is 0 Å². The number of aliphatic carboxylic acids is 1. The second-order valence-corrected chi connectivity index (χ2v) is 4.14. The lowest BCUT2D eigenvalue weighted by Gasteiger charge is -2.15. The standard InChI is InChI=1S/C11H17NO3/c1-7(8-4-2-3-5-8)10(13)6-9(12)11(14)15/h6-8H,2-5,12H2,1H3,(H,14,15). The van der Waals surface area contributed by atoms with E-state index in [-0.39, 0.29) is 17.4 Å². The predicted octanol–water partition coefficient (Wildman–Crippen LogP) is 1.31. The molecule has 0 aliphatic heterocycles. The molecule has 0 heterocycles. The molecule has 1 aliphatic rings. The second-order valence-electron chi connectivity index (χ2n) is 4.14. The highest BCUT2D eigenvalue weighted by Gasteiger charge is 2.26. The minimum atomic E-state index is -1.23. The molecule has 84 valence electrons. The monoisotopic (exact) mass is 211 g/mol. The quantitative estimate of drug-likeness (QED) is 0.687. The Hall–Kier alpha value is -1.32. The van der Waals surface area contributed by atoms with Gasteiger partial charge >= 0.3 is 5.97 Å². The van der Waals surface area contributed by atoms with Crippen LogP contribution < -0.4 is 5.73 Å². The third-order valence-corrected chi connectivity index (χ3v) is 3.10. The molecular weight excluding hydrogens is 194 g/mol. The molecule has 0 aromatic carbocycles. The summed E-state index contributed by atoms with van der Waals surface area (Å²) in [6.07, 6.45) is 5.51. The topological polar surface area (TPSA) is 80.4 Å². The van der Waals surface area contributed by atoms with Crippen molar-refractivity contribution in [1.29, 1.82) is 0 Å². The number of carbonyl (C=O) groups is 2. The van der Waals surface area contributed by atoms with Gasteiger partial charge in [-0.3, -0.25) is 4.79 Å². The van der Waals surface area contributed by atoms with Crippen LogP contribution in [0.25, 0.3) is 0 Å². The molecule has 1 unspecified atom stereocenters. The minimum Gasteiger partial charge on any atom is -0.477 e. The van der Waals surface area contributed by atoms with Gasteiger partial charge in [0.15, 0.2) is 5.78 Å². The highest BCUT2D eigenvalue weighted by molar-refractivity contribution is 5.99. The zero-order valence-corrected chi connectivity index (χ0v) is 8.90. The minimum absolute atomic E-state index is 0.106. The molecule has 1 atom stereocenters. The average Bonchev–Trinajstić information content (AvgIpc) is 2.68. The number of hydrogen-bond donors (Lipinski definition) is 2. The number of allylic oxidation sites excluding steroid dienone is 1. The Morgan fingerprint density at radius 2 is 1.93 bits per heavy atom. The van der Waals surface area contributed by atoms with E-state index >= 15 is 0 Å². The first-order valence-electron chi connectivity index (χ1n) is 5.26. The van der Waals surface area contributed by atoms with Gasteiger partial charge in [-0.25, -0.2) is 4.79 Å². The van der Waals surface area contributed by atoms with Crippen molar-refractivity contribution in [2.24, 2.45) is 17.6 Å². The molecule has 3 N–H and O–H groups in total. The number of carboxylic acid groups (broad SMARTS) is 1. The Kier molecular flexibility index (Phi) is 3.88. The fourth-order valence-electron chi connectivity index (χ4n) is 2.04. The summed E-state index contributed by atoms with van der Waals surface area (Å²) in [6, 6.07) is 0. The maximum Gasteiger partial charge on any atom is 0.351 e. The lowest BCUT2D eigenvalue weighted by Crippen LogP contribution is -2.20. The van der Waals surface area contributed by atoms with Gasteiger partial charge in [0, 0.05) is 12.0 Å². The SMILES string of the molecule is CC(C(=O)C=C(N)C(=O)O)C1CCCC1. The normalized spacial score (nSPS) is 20.2. The van der Waals surface area contributed by atoms with Crippen molar-refractivity contribution >= 4 is 11.8 Å². The molecule has 0 spiro atoms. The van der Waals surface area contributed by atoms with Crippen molar-refractivity contribution in [2.45, 2.75) is 32.6 Å². The number of carbonyl (C=O) groups excluding carboxylic acids is 1. The Balaban J connectivity index is 2.59. The summed E-state index contributed by atoms with van der Waals surface area (Å²) in [7, 11) is 0. The summed E-state index contributed by atoms with van der Waals surface area (Å²) in [4.78, 5) is 22.1. The van der Waals surface area contributed by atoms with Gasteiger partial charge in [0.2, 0.25) is 0 Å². The highest BCUT2D eigenvalue weighted by Crippen LogP contribution is 2.31. The number of carboxylic acids is 1. The zero-order chi connectivity index (χ0) is 11.4. The van der Waals surface area contributed by atoms with E-state index in [4.69, 9.17) is 10.8 Å². The van der Waals surface area contributed by atoms with Crippen LogP contribution in [0.1, 0.15) is 32.6 Å². The molecule has 1 saturated carbocycles. The van der Waals surface area contributed by atoms with Gasteiger partial charge in [-0.15, -0.1) is 0 Å². The Morgan fingerprint density at radius 3 is 2.40 bits per heavy atom. The second kappa shape index (κ2) is 4.96. The van der Waals surface area contributed by atoms with Crippen LogP contribution in [-0.2, 0) is 9.59 Å². The Bertz CT molecular complexity index is 290. The molecule has 0 bridgehead atoms. The third kappa shape index (κ3) is 3.08. The van der Waals surface area contributed by atoms with Crippen molar-refractivity contribution in [3.8, 4) is 0 Å². The molecule has 0 aromatic heterocycles. The van der Waals surface area contributed by atoms with E-state index in [2.05, 4.69) is 0 Å². The summed E-state index contributed by atoms with van der Waals surface area (Å²) in [6.45, 7) is 1.85. The van der Waals surface area contributed by atoms with Crippen molar-refractivity contribution in [1.82, 2.24) is 0 Å².